The molecule has 1 aliphatic heterocycles. The van der Waals surface area contributed by atoms with Gasteiger partial charge in [-0.3, -0.25) is 4.79 Å². The molecule has 1 aliphatic rings. The van der Waals surface area contributed by atoms with Gasteiger partial charge >= 0.3 is 0 Å². The number of carbonyl (C=O) groups is 1. The van der Waals surface area contributed by atoms with Crippen molar-refractivity contribution in [2.75, 3.05) is 0 Å². The van der Waals surface area contributed by atoms with E-state index in [0.29, 0.717) is 34.2 Å². The molecule has 0 saturated heterocycles. The molecule has 2 aromatic carbocycles. The molecule has 0 saturated carbocycles. The van der Waals surface area contributed by atoms with Crippen LogP contribution in [0.5, 0.6) is 0 Å². The monoisotopic (exact) mass is 369 g/mol. The Kier molecular flexibility index (Phi) is 4.04. The molecule has 0 bridgehead atoms. The van der Waals surface area contributed by atoms with E-state index in [1.165, 1.54) is 6.07 Å². The molecular formula is C20H17ClFN3O. The van der Waals surface area contributed by atoms with E-state index in [4.69, 9.17) is 11.6 Å². The van der Waals surface area contributed by atoms with Gasteiger partial charge in [-0.1, -0.05) is 35.9 Å². The number of halogens is 2. The van der Waals surface area contributed by atoms with E-state index in [1.54, 1.807) is 39.9 Å². The van der Waals surface area contributed by atoms with Crippen molar-refractivity contribution in [1.82, 2.24) is 14.7 Å². The average Bonchev–Trinajstić information content (AvgIpc) is 3.13. The standard InChI is InChI=1S/C20H17ClFN3O/c1-12(2)24-11-14-18(20(24)26)23-25(17-10-6-4-8-15(17)21)19(14)13-7-3-5-9-16(13)22/h3-10,12H,11H2,1-2H3. The van der Waals surface area contributed by atoms with Crippen molar-refractivity contribution in [2.24, 2.45) is 0 Å². The van der Waals surface area contributed by atoms with Crippen LogP contribution >= 0.6 is 11.6 Å². The third kappa shape index (κ3) is 2.51. The molecule has 0 radical (unpaired) electrons. The Morgan fingerprint density at radius 3 is 2.50 bits per heavy atom. The molecule has 6 heteroatoms. The number of hydrogen-bond donors (Lipinski definition) is 0. The van der Waals surface area contributed by atoms with Crippen LogP contribution in [-0.2, 0) is 6.54 Å². The summed E-state index contributed by atoms with van der Waals surface area (Å²) in [7, 11) is 0. The summed E-state index contributed by atoms with van der Waals surface area (Å²) in [6.45, 7) is 4.31. The lowest BCUT2D eigenvalue weighted by molar-refractivity contribution is 0.0724. The molecule has 4 rings (SSSR count). The highest BCUT2D eigenvalue weighted by Gasteiger charge is 2.37. The molecule has 1 amide bonds. The highest BCUT2D eigenvalue weighted by Crippen LogP contribution is 2.37. The van der Waals surface area contributed by atoms with Crippen molar-refractivity contribution in [3.8, 4) is 16.9 Å². The second-order valence-electron chi connectivity index (χ2n) is 6.55. The van der Waals surface area contributed by atoms with Crippen molar-refractivity contribution >= 4 is 17.5 Å². The van der Waals surface area contributed by atoms with E-state index in [-0.39, 0.29) is 17.8 Å². The summed E-state index contributed by atoms with van der Waals surface area (Å²) in [5.41, 5.74) is 2.68. The molecule has 0 aliphatic carbocycles. The van der Waals surface area contributed by atoms with Gasteiger partial charge in [-0.2, -0.15) is 5.10 Å². The Balaban J connectivity index is 2.00. The molecule has 0 fully saturated rings. The van der Waals surface area contributed by atoms with Gasteiger partial charge in [0, 0.05) is 17.2 Å². The minimum absolute atomic E-state index is 0.0407. The van der Waals surface area contributed by atoms with Crippen LogP contribution in [0.2, 0.25) is 5.02 Å². The minimum atomic E-state index is -0.362. The second-order valence-corrected chi connectivity index (χ2v) is 6.95. The zero-order chi connectivity index (χ0) is 18.4. The summed E-state index contributed by atoms with van der Waals surface area (Å²) in [5, 5.41) is 5.01. The van der Waals surface area contributed by atoms with Crippen molar-refractivity contribution in [2.45, 2.75) is 26.4 Å². The normalized spacial score (nSPS) is 13.6. The van der Waals surface area contributed by atoms with Crippen LogP contribution in [0.1, 0.15) is 29.9 Å². The van der Waals surface area contributed by atoms with E-state index in [1.807, 2.05) is 26.0 Å². The fraction of sp³-hybridized carbons (Fsp3) is 0.200. The van der Waals surface area contributed by atoms with Gasteiger partial charge in [0.15, 0.2) is 5.69 Å². The van der Waals surface area contributed by atoms with Gasteiger partial charge in [0.05, 0.1) is 22.9 Å². The molecule has 2 heterocycles. The van der Waals surface area contributed by atoms with Crippen LogP contribution in [0.4, 0.5) is 4.39 Å². The van der Waals surface area contributed by atoms with Gasteiger partial charge in [-0.05, 0) is 38.1 Å². The Labute approximate surface area is 155 Å². The maximum atomic E-state index is 14.6. The van der Waals surface area contributed by atoms with Gasteiger partial charge < -0.3 is 4.90 Å². The summed E-state index contributed by atoms with van der Waals surface area (Å²) in [6.07, 6.45) is 0. The minimum Gasteiger partial charge on any atom is -0.330 e. The topological polar surface area (TPSA) is 38.1 Å². The summed E-state index contributed by atoms with van der Waals surface area (Å²) < 4.78 is 16.2. The maximum absolute atomic E-state index is 14.6. The number of benzene rings is 2. The van der Waals surface area contributed by atoms with Gasteiger partial charge in [0.2, 0.25) is 0 Å². The molecule has 132 valence electrons. The number of para-hydroxylation sites is 1. The van der Waals surface area contributed by atoms with Gasteiger partial charge in [-0.15, -0.1) is 0 Å². The molecule has 4 nitrogen and oxygen atoms in total. The summed E-state index contributed by atoms with van der Waals surface area (Å²) in [5.74, 6) is -0.502. The summed E-state index contributed by atoms with van der Waals surface area (Å²) in [6, 6.07) is 13.8. The SMILES string of the molecule is CC(C)N1Cc2c(nn(-c3ccccc3Cl)c2-c2ccccc2F)C1=O. The molecule has 0 unspecified atom stereocenters. The number of amides is 1. The third-order valence-corrected chi connectivity index (χ3v) is 4.93. The molecule has 0 N–H and O–H groups in total. The van der Waals surface area contributed by atoms with E-state index < -0.39 is 0 Å². The van der Waals surface area contributed by atoms with Crippen molar-refractivity contribution in [3.63, 3.8) is 0 Å². The molecule has 1 aromatic heterocycles. The largest absolute Gasteiger partial charge is 0.330 e. The fourth-order valence-corrected chi connectivity index (χ4v) is 3.51. The Morgan fingerprint density at radius 2 is 1.81 bits per heavy atom. The second kappa shape index (κ2) is 6.25. The van der Waals surface area contributed by atoms with Crippen molar-refractivity contribution < 1.29 is 9.18 Å². The predicted molar refractivity (Wildman–Crippen MR) is 99.0 cm³/mol. The average molecular weight is 370 g/mol. The van der Waals surface area contributed by atoms with Crippen LogP contribution in [-0.4, -0.2) is 26.6 Å². The first-order chi connectivity index (χ1) is 12.5. The van der Waals surface area contributed by atoms with Gasteiger partial charge in [-0.25, -0.2) is 9.07 Å². The third-order valence-electron chi connectivity index (χ3n) is 4.61. The number of rotatable bonds is 3. The molecule has 26 heavy (non-hydrogen) atoms. The fourth-order valence-electron chi connectivity index (χ4n) is 3.29. The summed E-state index contributed by atoms with van der Waals surface area (Å²) >= 11 is 6.35. The highest BCUT2D eigenvalue weighted by atomic mass is 35.5. The van der Waals surface area contributed by atoms with Crippen molar-refractivity contribution in [1.29, 1.82) is 0 Å². The predicted octanol–water partition coefficient (Wildman–Crippen LogP) is 4.70. The summed E-state index contributed by atoms with van der Waals surface area (Å²) in [4.78, 5) is 14.5. The van der Waals surface area contributed by atoms with Gasteiger partial charge in [0.25, 0.3) is 5.91 Å². The first-order valence-electron chi connectivity index (χ1n) is 8.41. The lowest BCUT2D eigenvalue weighted by Gasteiger charge is -2.21. The molecular weight excluding hydrogens is 353 g/mol. The molecule has 0 atom stereocenters. The Bertz CT molecular complexity index is 1010. The zero-order valence-electron chi connectivity index (χ0n) is 14.4. The maximum Gasteiger partial charge on any atom is 0.275 e. The Hall–Kier alpha value is -2.66. The number of fused-ring (bicyclic) bond motifs is 1. The smallest absolute Gasteiger partial charge is 0.275 e. The quantitative estimate of drug-likeness (QED) is 0.671. The van der Waals surface area contributed by atoms with E-state index in [0.717, 1.165) is 5.56 Å². The van der Waals surface area contributed by atoms with Crippen LogP contribution in [0.15, 0.2) is 48.5 Å². The number of aromatic nitrogens is 2. The Morgan fingerprint density at radius 1 is 1.12 bits per heavy atom. The zero-order valence-corrected chi connectivity index (χ0v) is 15.2. The first kappa shape index (κ1) is 16.8. The highest BCUT2D eigenvalue weighted by molar-refractivity contribution is 6.32. The van der Waals surface area contributed by atoms with Crippen LogP contribution in [0.3, 0.4) is 0 Å². The van der Waals surface area contributed by atoms with Crippen LogP contribution in [0.25, 0.3) is 16.9 Å². The van der Waals surface area contributed by atoms with E-state index in [9.17, 15) is 9.18 Å². The molecule has 3 aromatic rings. The number of carbonyl (C=O) groups excluding carboxylic acids is 1. The number of nitrogens with zero attached hydrogens (tertiary/aromatic N) is 3. The first-order valence-corrected chi connectivity index (χ1v) is 8.79. The van der Waals surface area contributed by atoms with Crippen LogP contribution < -0.4 is 0 Å². The lowest BCUT2D eigenvalue weighted by atomic mass is 10.1. The van der Waals surface area contributed by atoms with Crippen LogP contribution in [0, 0.1) is 5.82 Å². The lowest BCUT2D eigenvalue weighted by Crippen LogP contribution is -2.31. The van der Waals surface area contributed by atoms with E-state index in [2.05, 4.69) is 5.10 Å². The molecule has 0 spiro atoms. The number of hydrogen-bond acceptors (Lipinski definition) is 2. The van der Waals surface area contributed by atoms with Crippen molar-refractivity contribution in [3.05, 3.63) is 70.6 Å². The van der Waals surface area contributed by atoms with E-state index >= 15 is 0 Å². The van der Waals surface area contributed by atoms with Gasteiger partial charge in [0.1, 0.15) is 5.82 Å².